The highest BCUT2D eigenvalue weighted by atomic mass is 14.6. The van der Waals surface area contributed by atoms with Gasteiger partial charge in [0.2, 0.25) is 0 Å². The summed E-state index contributed by atoms with van der Waals surface area (Å²) >= 11 is 0. The van der Waals surface area contributed by atoms with Gasteiger partial charge in [-0.15, -0.1) is 13.2 Å². The van der Waals surface area contributed by atoms with Gasteiger partial charge in [-0.25, -0.2) is 0 Å². The highest BCUT2D eigenvalue weighted by Crippen LogP contribution is 2.05. The van der Waals surface area contributed by atoms with Crippen LogP contribution in [-0.4, -0.2) is 6.04 Å². The molecule has 0 aromatic rings. The van der Waals surface area contributed by atoms with Crippen LogP contribution in [0.25, 0.3) is 0 Å². The first-order chi connectivity index (χ1) is 4.66. The predicted molar refractivity (Wildman–Crippen MR) is 46.8 cm³/mol. The molecular formula is C9H17N. The maximum atomic E-state index is 5.72. The normalized spacial score (nSPS) is 12.6. The smallest absolute Gasteiger partial charge is 0.00763 e. The van der Waals surface area contributed by atoms with E-state index in [4.69, 9.17) is 5.73 Å². The number of nitrogens with two attached hydrogens (primary N) is 1. The third kappa shape index (κ3) is 5.57. The fourth-order valence-corrected chi connectivity index (χ4v) is 0.764. The standard InChI is InChI=1S/C9H17N/c1-4-5-9(10)7-6-8(2)3/h4,9H,1-2,5-7,10H2,3H3. The Kier molecular flexibility index (Phi) is 4.95. The highest BCUT2D eigenvalue weighted by molar-refractivity contribution is 4.89. The van der Waals surface area contributed by atoms with Crippen molar-refractivity contribution in [3.05, 3.63) is 24.8 Å². The number of rotatable bonds is 5. The van der Waals surface area contributed by atoms with Gasteiger partial charge in [-0.05, 0) is 26.2 Å². The number of allylic oxidation sites excluding steroid dienone is 1. The van der Waals surface area contributed by atoms with Gasteiger partial charge in [-0.1, -0.05) is 11.6 Å². The summed E-state index contributed by atoms with van der Waals surface area (Å²) in [6, 6.07) is 0.272. The van der Waals surface area contributed by atoms with E-state index in [1.54, 1.807) is 0 Å². The van der Waals surface area contributed by atoms with Crippen LogP contribution >= 0.6 is 0 Å². The lowest BCUT2D eigenvalue weighted by atomic mass is 10.1. The van der Waals surface area contributed by atoms with Crippen molar-refractivity contribution < 1.29 is 0 Å². The van der Waals surface area contributed by atoms with E-state index in [2.05, 4.69) is 13.2 Å². The maximum absolute atomic E-state index is 5.72. The lowest BCUT2D eigenvalue weighted by Crippen LogP contribution is -2.18. The van der Waals surface area contributed by atoms with Gasteiger partial charge >= 0.3 is 0 Å². The summed E-state index contributed by atoms with van der Waals surface area (Å²) in [7, 11) is 0. The molecule has 1 heteroatoms. The third-order valence-corrected chi connectivity index (χ3v) is 1.41. The van der Waals surface area contributed by atoms with E-state index in [1.807, 2.05) is 13.0 Å². The van der Waals surface area contributed by atoms with Crippen molar-refractivity contribution in [2.24, 2.45) is 5.73 Å². The lowest BCUT2D eigenvalue weighted by Gasteiger charge is -2.07. The predicted octanol–water partition coefficient (Wildman–Crippen LogP) is 2.25. The van der Waals surface area contributed by atoms with Crippen LogP contribution in [0.15, 0.2) is 24.8 Å². The van der Waals surface area contributed by atoms with Crippen molar-refractivity contribution in [2.45, 2.75) is 32.2 Å². The first kappa shape index (κ1) is 9.44. The van der Waals surface area contributed by atoms with Gasteiger partial charge in [0.05, 0.1) is 0 Å². The largest absolute Gasteiger partial charge is 0.327 e. The lowest BCUT2D eigenvalue weighted by molar-refractivity contribution is 0.620. The van der Waals surface area contributed by atoms with E-state index in [9.17, 15) is 0 Å². The molecule has 0 aliphatic carbocycles. The SMILES string of the molecule is C=CCC(N)CCC(=C)C. The molecule has 0 rings (SSSR count). The molecule has 1 atom stereocenters. The van der Waals surface area contributed by atoms with E-state index < -0.39 is 0 Å². The first-order valence-corrected chi connectivity index (χ1v) is 3.67. The zero-order valence-electron chi connectivity index (χ0n) is 6.77. The molecule has 0 radical (unpaired) electrons. The summed E-state index contributed by atoms with van der Waals surface area (Å²) in [6.45, 7) is 9.46. The van der Waals surface area contributed by atoms with Gasteiger partial charge in [0, 0.05) is 6.04 Å². The molecular weight excluding hydrogens is 122 g/mol. The van der Waals surface area contributed by atoms with Crippen LogP contribution in [0.2, 0.25) is 0 Å². The zero-order valence-corrected chi connectivity index (χ0v) is 6.77. The van der Waals surface area contributed by atoms with E-state index in [0.29, 0.717) is 0 Å². The molecule has 1 unspecified atom stereocenters. The second-order valence-corrected chi connectivity index (χ2v) is 2.78. The van der Waals surface area contributed by atoms with E-state index in [1.165, 1.54) is 5.57 Å². The van der Waals surface area contributed by atoms with Crippen molar-refractivity contribution in [1.29, 1.82) is 0 Å². The molecule has 0 aromatic carbocycles. The second kappa shape index (κ2) is 5.24. The molecule has 1 nitrogen and oxygen atoms in total. The van der Waals surface area contributed by atoms with Gasteiger partial charge < -0.3 is 5.73 Å². The Labute approximate surface area is 63.6 Å². The molecule has 0 fully saturated rings. The molecule has 10 heavy (non-hydrogen) atoms. The maximum Gasteiger partial charge on any atom is 0.00763 e. The summed E-state index contributed by atoms with van der Waals surface area (Å²) in [5, 5.41) is 0. The molecule has 0 aliphatic rings. The van der Waals surface area contributed by atoms with Crippen LogP contribution in [0.1, 0.15) is 26.2 Å². The van der Waals surface area contributed by atoms with Crippen molar-refractivity contribution in [2.75, 3.05) is 0 Å². The quantitative estimate of drug-likeness (QED) is 0.581. The molecule has 0 aliphatic heterocycles. The Morgan fingerprint density at radius 2 is 2.30 bits per heavy atom. The zero-order chi connectivity index (χ0) is 7.98. The van der Waals surface area contributed by atoms with Crippen LogP contribution in [0.5, 0.6) is 0 Å². The molecule has 0 aromatic heterocycles. The molecule has 0 saturated carbocycles. The molecule has 58 valence electrons. The van der Waals surface area contributed by atoms with E-state index in [0.717, 1.165) is 19.3 Å². The van der Waals surface area contributed by atoms with Crippen molar-refractivity contribution in [3.8, 4) is 0 Å². The summed E-state index contributed by atoms with van der Waals surface area (Å²) in [5.74, 6) is 0. The van der Waals surface area contributed by atoms with Crippen LogP contribution < -0.4 is 5.73 Å². The Hall–Kier alpha value is -0.560. The fraction of sp³-hybridized carbons (Fsp3) is 0.556. The van der Waals surface area contributed by atoms with E-state index in [-0.39, 0.29) is 6.04 Å². The summed E-state index contributed by atoms with van der Waals surface area (Å²) < 4.78 is 0. The minimum Gasteiger partial charge on any atom is -0.327 e. The summed E-state index contributed by atoms with van der Waals surface area (Å²) in [5.41, 5.74) is 6.93. The van der Waals surface area contributed by atoms with Crippen molar-refractivity contribution in [3.63, 3.8) is 0 Å². The number of hydrogen-bond acceptors (Lipinski definition) is 1. The van der Waals surface area contributed by atoms with Crippen LogP contribution in [0, 0.1) is 0 Å². The molecule has 0 saturated heterocycles. The second-order valence-electron chi connectivity index (χ2n) is 2.78. The summed E-state index contributed by atoms with van der Waals surface area (Å²) in [4.78, 5) is 0. The average Bonchev–Trinajstić information content (AvgIpc) is 1.85. The Bertz CT molecular complexity index is 116. The minimum absolute atomic E-state index is 0.272. The average molecular weight is 139 g/mol. The van der Waals surface area contributed by atoms with Crippen LogP contribution in [-0.2, 0) is 0 Å². The molecule has 2 N–H and O–H groups in total. The Morgan fingerprint density at radius 3 is 2.70 bits per heavy atom. The molecule has 0 amide bonds. The highest BCUT2D eigenvalue weighted by Gasteiger charge is 1.98. The van der Waals surface area contributed by atoms with Gasteiger partial charge in [0.1, 0.15) is 0 Å². The van der Waals surface area contributed by atoms with Crippen molar-refractivity contribution in [1.82, 2.24) is 0 Å². The minimum atomic E-state index is 0.272. The third-order valence-electron chi connectivity index (χ3n) is 1.41. The van der Waals surface area contributed by atoms with Crippen molar-refractivity contribution >= 4 is 0 Å². The van der Waals surface area contributed by atoms with E-state index >= 15 is 0 Å². The van der Waals surface area contributed by atoms with Crippen LogP contribution in [0.3, 0.4) is 0 Å². The molecule has 0 spiro atoms. The molecule has 0 heterocycles. The number of hydrogen-bond donors (Lipinski definition) is 1. The Balaban J connectivity index is 3.29. The summed E-state index contributed by atoms with van der Waals surface area (Å²) in [6.07, 6.45) is 4.84. The monoisotopic (exact) mass is 139 g/mol. The Morgan fingerprint density at radius 1 is 1.70 bits per heavy atom. The van der Waals surface area contributed by atoms with Gasteiger partial charge in [-0.3, -0.25) is 0 Å². The first-order valence-electron chi connectivity index (χ1n) is 3.67. The fourth-order valence-electron chi connectivity index (χ4n) is 0.764. The van der Waals surface area contributed by atoms with Gasteiger partial charge in [0.15, 0.2) is 0 Å². The van der Waals surface area contributed by atoms with Crippen LogP contribution in [0.4, 0.5) is 0 Å². The van der Waals surface area contributed by atoms with Gasteiger partial charge in [-0.2, -0.15) is 0 Å². The van der Waals surface area contributed by atoms with Gasteiger partial charge in [0.25, 0.3) is 0 Å². The molecule has 0 bridgehead atoms. The topological polar surface area (TPSA) is 26.0 Å².